The van der Waals surface area contributed by atoms with Gasteiger partial charge in [-0.15, -0.1) is 0 Å². The van der Waals surface area contributed by atoms with Crippen LogP contribution in [0.5, 0.6) is 5.75 Å². The number of sulfonamides is 1. The lowest BCUT2D eigenvalue weighted by molar-refractivity contribution is -0.121. The molecule has 0 fully saturated rings. The van der Waals surface area contributed by atoms with Gasteiger partial charge in [-0.25, -0.2) is 18.2 Å². The van der Waals surface area contributed by atoms with E-state index in [0.29, 0.717) is 22.9 Å². The third-order valence-corrected chi connectivity index (χ3v) is 7.21. The SMILES string of the molecule is C=CCOc1cccc(/C=N/NC(=O)CN(Cc2c(F)cccc2Cl)S(=O)(=O)c2ccc(Cl)cc2)c1. The highest BCUT2D eigenvalue weighted by Gasteiger charge is 2.28. The van der Waals surface area contributed by atoms with Crippen LogP contribution in [0.25, 0.3) is 0 Å². The summed E-state index contributed by atoms with van der Waals surface area (Å²) < 4.78 is 47.3. The lowest BCUT2D eigenvalue weighted by Gasteiger charge is -2.22. The van der Waals surface area contributed by atoms with Gasteiger partial charge < -0.3 is 4.74 Å². The summed E-state index contributed by atoms with van der Waals surface area (Å²) in [7, 11) is -4.22. The van der Waals surface area contributed by atoms with E-state index in [1.165, 1.54) is 42.6 Å². The molecule has 0 saturated heterocycles. The van der Waals surface area contributed by atoms with Crippen LogP contribution in [-0.2, 0) is 21.4 Å². The number of rotatable bonds is 11. The Labute approximate surface area is 218 Å². The zero-order valence-corrected chi connectivity index (χ0v) is 21.2. The molecule has 0 aliphatic heterocycles. The molecular weight excluding hydrogens is 528 g/mol. The van der Waals surface area contributed by atoms with Gasteiger partial charge in [-0.1, -0.05) is 54.1 Å². The lowest BCUT2D eigenvalue weighted by atomic mass is 10.2. The highest BCUT2D eigenvalue weighted by atomic mass is 35.5. The largest absolute Gasteiger partial charge is 0.490 e. The number of carbonyl (C=O) groups excluding carboxylic acids is 1. The molecule has 0 aromatic heterocycles. The van der Waals surface area contributed by atoms with Gasteiger partial charge in [0, 0.05) is 22.2 Å². The fourth-order valence-corrected chi connectivity index (χ4v) is 4.77. The van der Waals surface area contributed by atoms with E-state index in [2.05, 4.69) is 17.1 Å². The molecule has 0 saturated carbocycles. The van der Waals surface area contributed by atoms with Gasteiger partial charge in [0.2, 0.25) is 10.0 Å². The standard InChI is InChI=1S/C25H22Cl2FN3O4S/c1-2-13-35-20-6-3-5-18(14-20)15-29-30-25(32)17-31(16-22-23(27)7-4-8-24(22)28)36(33,34)21-11-9-19(26)10-12-21/h2-12,14-15H,1,13,16-17H2,(H,30,32)/b29-15+. The van der Waals surface area contributed by atoms with Crippen molar-refractivity contribution in [2.75, 3.05) is 13.2 Å². The molecule has 36 heavy (non-hydrogen) atoms. The second-order valence-corrected chi connectivity index (χ2v) is 10.2. The maximum absolute atomic E-state index is 14.4. The Morgan fingerprint density at radius 3 is 2.53 bits per heavy atom. The molecule has 7 nitrogen and oxygen atoms in total. The Hall–Kier alpha value is -3.24. The summed E-state index contributed by atoms with van der Waals surface area (Å²) in [6.45, 7) is 2.80. The van der Waals surface area contributed by atoms with E-state index >= 15 is 0 Å². The van der Waals surface area contributed by atoms with E-state index in [0.717, 1.165) is 10.4 Å². The number of nitrogens with zero attached hydrogens (tertiary/aromatic N) is 2. The van der Waals surface area contributed by atoms with Gasteiger partial charge in [0.05, 0.1) is 17.7 Å². The number of ether oxygens (including phenoxy) is 1. The zero-order chi connectivity index (χ0) is 26.1. The van der Waals surface area contributed by atoms with Crippen molar-refractivity contribution >= 4 is 45.3 Å². The van der Waals surface area contributed by atoms with Crippen LogP contribution in [0, 0.1) is 5.82 Å². The van der Waals surface area contributed by atoms with Gasteiger partial charge in [0.1, 0.15) is 18.2 Å². The minimum atomic E-state index is -4.22. The summed E-state index contributed by atoms with van der Waals surface area (Å²) in [4.78, 5) is 12.5. The minimum Gasteiger partial charge on any atom is -0.490 e. The Morgan fingerprint density at radius 1 is 1.11 bits per heavy atom. The highest BCUT2D eigenvalue weighted by Crippen LogP contribution is 2.25. The Morgan fingerprint density at radius 2 is 1.83 bits per heavy atom. The van der Waals surface area contributed by atoms with E-state index < -0.39 is 34.8 Å². The van der Waals surface area contributed by atoms with Crippen LogP contribution in [-0.4, -0.2) is 38.0 Å². The molecule has 1 N–H and O–H groups in total. The number of halogens is 3. The van der Waals surface area contributed by atoms with Crippen molar-refractivity contribution in [1.82, 2.24) is 9.73 Å². The molecule has 188 valence electrons. The van der Waals surface area contributed by atoms with Crippen LogP contribution in [0.2, 0.25) is 10.0 Å². The summed E-state index contributed by atoms with van der Waals surface area (Å²) in [5.74, 6) is -0.849. The first kappa shape index (κ1) is 27.3. The first-order valence-electron chi connectivity index (χ1n) is 10.5. The summed E-state index contributed by atoms with van der Waals surface area (Å²) >= 11 is 12.0. The third-order valence-electron chi connectivity index (χ3n) is 4.80. The first-order valence-corrected chi connectivity index (χ1v) is 12.7. The molecule has 3 aromatic carbocycles. The fraction of sp³-hybridized carbons (Fsp3) is 0.120. The van der Waals surface area contributed by atoms with Crippen molar-refractivity contribution in [2.24, 2.45) is 5.10 Å². The van der Waals surface area contributed by atoms with Crippen LogP contribution in [0.3, 0.4) is 0 Å². The highest BCUT2D eigenvalue weighted by molar-refractivity contribution is 7.89. The molecule has 0 aliphatic carbocycles. The molecule has 0 spiro atoms. The van der Waals surface area contributed by atoms with E-state index in [4.69, 9.17) is 27.9 Å². The molecule has 3 rings (SSSR count). The van der Waals surface area contributed by atoms with E-state index in [9.17, 15) is 17.6 Å². The van der Waals surface area contributed by atoms with Crippen LogP contribution in [0.1, 0.15) is 11.1 Å². The van der Waals surface area contributed by atoms with Crippen molar-refractivity contribution in [3.05, 3.63) is 106 Å². The second kappa shape index (κ2) is 12.6. The van der Waals surface area contributed by atoms with Gasteiger partial charge in [0.15, 0.2) is 0 Å². The predicted molar refractivity (Wildman–Crippen MR) is 138 cm³/mol. The minimum absolute atomic E-state index is 0.0308. The molecule has 0 unspecified atom stereocenters. The lowest BCUT2D eigenvalue weighted by Crippen LogP contribution is -2.39. The molecular formula is C25H22Cl2FN3O4S. The van der Waals surface area contributed by atoms with Crippen LogP contribution < -0.4 is 10.2 Å². The first-order chi connectivity index (χ1) is 17.2. The topological polar surface area (TPSA) is 88.1 Å². The molecule has 11 heteroatoms. The summed E-state index contributed by atoms with van der Waals surface area (Å²) in [5, 5.41) is 4.25. The van der Waals surface area contributed by atoms with Crippen molar-refractivity contribution in [1.29, 1.82) is 0 Å². The molecule has 0 aliphatic rings. The Balaban J connectivity index is 1.79. The van der Waals surface area contributed by atoms with Crippen molar-refractivity contribution < 1.29 is 22.3 Å². The number of hydrogen-bond donors (Lipinski definition) is 1. The van der Waals surface area contributed by atoms with Crippen LogP contribution >= 0.6 is 23.2 Å². The number of hydrazone groups is 1. The smallest absolute Gasteiger partial charge is 0.255 e. The van der Waals surface area contributed by atoms with Crippen molar-refractivity contribution in [3.8, 4) is 5.75 Å². The third kappa shape index (κ3) is 7.38. The number of nitrogens with one attached hydrogen (secondary N) is 1. The Bertz CT molecular complexity index is 1350. The van der Waals surface area contributed by atoms with Gasteiger partial charge in [-0.3, -0.25) is 4.79 Å². The van der Waals surface area contributed by atoms with Gasteiger partial charge in [-0.05, 0) is 54.1 Å². The summed E-state index contributed by atoms with van der Waals surface area (Å²) in [6, 6.07) is 16.3. The maximum atomic E-state index is 14.4. The van der Waals surface area contributed by atoms with E-state index in [1.54, 1.807) is 30.3 Å². The van der Waals surface area contributed by atoms with Crippen molar-refractivity contribution in [2.45, 2.75) is 11.4 Å². The average Bonchev–Trinajstić information content (AvgIpc) is 2.85. The maximum Gasteiger partial charge on any atom is 0.255 e. The van der Waals surface area contributed by atoms with Crippen LogP contribution in [0.15, 0.2) is 89.4 Å². The number of hydrogen-bond acceptors (Lipinski definition) is 5. The summed E-state index contributed by atoms with van der Waals surface area (Å²) in [5.41, 5.74) is 2.87. The van der Waals surface area contributed by atoms with Gasteiger partial charge >= 0.3 is 0 Å². The molecule has 3 aromatic rings. The van der Waals surface area contributed by atoms with E-state index in [1.807, 2.05) is 0 Å². The quantitative estimate of drug-likeness (QED) is 0.206. The van der Waals surface area contributed by atoms with Crippen LogP contribution in [0.4, 0.5) is 4.39 Å². The average molecular weight is 550 g/mol. The molecule has 0 radical (unpaired) electrons. The number of amides is 1. The Kier molecular flexibility index (Phi) is 9.60. The zero-order valence-electron chi connectivity index (χ0n) is 18.9. The fourth-order valence-electron chi connectivity index (χ4n) is 3.06. The number of carbonyl (C=O) groups is 1. The van der Waals surface area contributed by atoms with Gasteiger partial charge in [-0.2, -0.15) is 9.41 Å². The predicted octanol–water partition coefficient (Wildman–Crippen LogP) is 5.04. The molecule has 1 amide bonds. The molecule has 0 heterocycles. The van der Waals surface area contributed by atoms with Gasteiger partial charge in [0.25, 0.3) is 5.91 Å². The molecule has 0 atom stereocenters. The second-order valence-electron chi connectivity index (χ2n) is 7.39. The number of benzene rings is 3. The molecule has 0 bridgehead atoms. The monoisotopic (exact) mass is 549 g/mol. The van der Waals surface area contributed by atoms with Crippen molar-refractivity contribution in [3.63, 3.8) is 0 Å². The summed E-state index contributed by atoms with van der Waals surface area (Å²) in [6.07, 6.45) is 2.99. The van der Waals surface area contributed by atoms with E-state index in [-0.39, 0.29) is 15.5 Å². The normalized spacial score (nSPS) is 11.6.